The largest absolute Gasteiger partial charge is 0.482 e. The molecule has 0 radical (unpaired) electrons. The van der Waals surface area contributed by atoms with Gasteiger partial charge < -0.3 is 49.3 Å². The van der Waals surface area contributed by atoms with Crippen molar-refractivity contribution in [2.75, 3.05) is 25.2 Å². The highest BCUT2D eigenvalue weighted by Gasteiger charge is 2.67. The molecule has 62 heavy (non-hydrogen) atoms. The van der Waals surface area contributed by atoms with Crippen molar-refractivity contribution in [1.82, 2.24) is 35.7 Å². The molecule has 0 spiro atoms. The number of methoxy groups -OCH3 is 1. The molecule has 0 bridgehead atoms. The molecule has 5 N–H and O–H groups in total. The fourth-order valence-electron chi connectivity index (χ4n) is 6.19. The van der Waals surface area contributed by atoms with Crippen molar-refractivity contribution in [3.8, 4) is 17.2 Å². The molecule has 3 atom stereocenters. The highest BCUT2D eigenvalue weighted by atomic mass is 32.2. The number of carbonyl (C=O) groups is 8. The molecule has 2 aliphatic rings. The zero-order valence-corrected chi connectivity index (χ0v) is 33.8. The minimum absolute atomic E-state index is 0.0121. The van der Waals surface area contributed by atoms with E-state index in [1.54, 1.807) is 0 Å². The molecule has 2 aliphatic heterocycles. The number of hydrogen-bond donors (Lipinski definition) is 5. The Kier molecular flexibility index (Phi) is 12.9. The normalized spacial score (nSPS) is 17.3. The lowest BCUT2D eigenvalue weighted by atomic mass is 9.96. The molecule has 2 aromatic carbocycles. The number of β-lactam (4-membered cyclic amide) rings is 1. The third-order valence-corrected chi connectivity index (χ3v) is 11.2. The quantitative estimate of drug-likeness (QED) is 0.0310. The van der Waals surface area contributed by atoms with Crippen LogP contribution in [0.15, 0.2) is 68.3 Å². The fourth-order valence-corrected chi connectivity index (χ4v) is 8.64. The van der Waals surface area contributed by atoms with Crippen molar-refractivity contribution in [2.45, 2.75) is 42.7 Å². The van der Waals surface area contributed by atoms with Crippen LogP contribution in [0.1, 0.15) is 35.8 Å². The monoisotopic (exact) mass is 897 g/mol. The van der Waals surface area contributed by atoms with Gasteiger partial charge in [0, 0.05) is 32.5 Å². The number of aromatic nitrogens is 4. The number of fused-ring (bicyclic) bond motifs is 2. The average Bonchev–Trinajstić information content (AvgIpc) is 3.66. The Labute approximate surface area is 354 Å². The van der Waals surface area contributed by atoms with Gasteiger partial charge in [-0.3, -0.25) is 38.5 Å². The van der Waals surface area contributed by atoms with Crippen LogP contribution >= 0.6 is 23.5 Å². The molecule has 4 aromatic rings. The summed E-state index contributed by atoms with van der Waals surface area (Å²) in [5.74, 6) is -9.62. The van der Waals surface area contributed by atoms with Gasteiger partial charge in [0.1, 0.15) is 41.2 Å². The summed E-state index contributed by atoms with van der Waals surface area (Å²) in [5.41, 5.74) is -4.35. The fraction of sp³-hybridized carbons (Fsp3) is 0.278. The number of carboxylic acids is 3. The van der Waals surface area contributed by atoms with Crippen LogP contribution in [0.4, 0.5) is 0 Å². The Morgan fingerprint density at radius 1 is 1.00 bits per heavy atom. The zero-order valence-electron chi connectivity index (χ0n) is 32.1. The highest BCUT2D eigenvalue weighted by Crippen LogP contribution is 2.47. The number of hydrogen-bond acceptors (Lipinski definition) is 19. The maximum absolute atomic E-state index is 14.3. The van der Waals surface area contributed by atoms with Gasteiger partial charge in [0.2, 0.25) is 22.2 Å². The predicted octanol–water partition coefficient (Wildman–Crippen LogP) is 0.154. The Morgan fingerprint density at radius 2 is 1.71 bits per heavy atom. The SMILES string of the molecule is CO[C@@]1(NC(=O)C(NC(=O)c2coc3c(OC(C)=O)c(OC(C)=O)ccc3c2=O)c2ccc(OCC(=O)O)cc2)C(=O)N2C(C(=O)O)=C(CSc3nnnn3CC(=O)O)CS[C@H]21. The van der Waals surface area contributed by atoms with Crippen LogP contribution in [0, 0.1) is 0 Å². The van der Waals surface area contributed by atoms with Crippen molar-refractivity contribution in [3.05, 3.63) is 75.3 Å². The number of carboxylic acid groups (broad SMARTS) is 3. The maximum atomic E-state index is 14.3. The second-order valence-electron chi connectivity index (χ2n) is 12.9. The van der Waals surface area contributed by atoms with Crippen LogP contribution < -0.4 is 30.3 Å². The molecule has 24 nitrogen and oxygen atoms in total. The van der Waals surface area contributed by atoms with Crippen LogP contribution in [0.3, 0.4) is 0 Å². The molecule has 2 aromatic heterocycles. The Morgan fingerprint density at radius 3 is 2.34 bits per heavy atom. The molecule has 6 rings (SSSR count). The summed E-state index contributed by atoms with van der Waals surface area (Å²) >= 11 is 1.96. The molecule has 324 valence electrons. The summed E-state index contributed by atoms with van der Waals surface area (Å²) in [4.78, 5) is 115. The Balaban J connectivity index is 1.30. The van der Waals surface area contributed by atoms with Crippen molar-refractivity contribution in [2.24, 2.45) is 0 Å². The second kappa shape index (κ2) is 18.1. The van der Waals surface area contributed by atoms with Gasteiger partial charge in [-0.25, -0.2) is 14.3 Å². The van der Waals surface area contributed by atoms with Crippen molar-refractivity contribution >= 4 is 82.1 Å². The number of esters is 2. The van der Waals surface area contributed by atoms with Gasteiger partial charge in [0.15, 0.2) is 17.9 Å². The minimum Gasteiger partial charge on any atom is -0.482 e. The second-order valence-corrected chi connectivity index (χ2v) is 14.9. The number of thioether (sulfide) groups is 2. The van der Waals surface area contributed by atoms with E-state index >= 15 is 0 Å². The number of nitrogens with one attached hydrogen (secondary N) is 2. The molecule has 26 heteroatoms. The third-order valence-electron chi connectivity index (χ3n) is 8.82. The summed E-state index contributed by atoms with van der Waals surface area (Å²) in [6, 6.07) is 5.70. The van der Waals surface area contributed by atoms with Gasteiger partial charge in [-0.15, -0.1) is 16.9 Å². The van der Waals surface area contributed by atoms with Gasteiger partial charge in [0.05, 0.1) is 5.39 Å². The van der Waals surface area contributed by atoms with E-state index in [1.807, 2.05) is 0 Å². The van der Waals surface area contributed by atoms with E-state index in [9.17, 15) is 48.3 Å². The van der Waals surface area contributed by atoms with Crippen LogP contribution in [0.25, 0.3) is 11.0 Å². The Bertz CT molecular complexity index is 2630. The Hall–Kier alpha value is -7.32. The zero-order chi connectivity index (χ0) is 45.0. The summed E-state index contributed by atoms with van der Waals surface area (Å²) in [7, 11) is 1.09. The van der Waals surface area contributed by atoms with Gasteiger partial charge >= 0.3 is 29.8 Å². The van der Waals surface area contributed by atoms with E-state index in [0.717, 1.165) is 66.2 Å². The molecule has 0 saturated carbocycles. The van der Waals surface area contributed by atoms with Crippen molar-refractivity contribution < 1.29 is 77.0 Å². The number of rotatable bonds is 17. The van der Waals surface area contributed by atoms with Gasteiger partial charge in [0.25, 0.3) is 17.5 Å². The van der Waals surface area contributed by atoms with Crippen LogP contribution in [0.5, 0.6) is 17.2 Å². The molecule has 0 aliphatic carbocycles. The number of amides is 3. The van der Waals surface area contributed by atoms with E-state index in [-0.39, 0.29) is 50.3 Å². The van der Waals surface area contributed by atoms with E-state index in [0.29, 0.717) is 6.26 Å². The van der Waals surface area contributed by atoms with Crippen LogP contribution in [-0.2, 0) is 44.8 Å². The number of benzene rings is 2. The topological polar surface area (TPSA) is 335 Å². The molecule has 1 unspecified atom stereocenters. The summed E-state index contributed by atoms with van der Waals surface area (Å²) in [6.45, 7) is 0.861. The lowest BCUT2D eigenvalue weighted by Gasteiger charge is -2.56. The first-order chi connectivity index (χ1) is 29.4. The average molecular weight is 898 g/mol. The van der Waals surface area contributed by atoms with E-state index in [2.05, 4.69) is 26.2 Å². The van der Waals surface area contributed by atoms with E-state index < -0.39 is 100 Å². The number of tetrazole rings is 1. The highest BCUT2D eigenvalue weighted by molar-refractivity contribution is 8.01. The smallest absolute Gasteiger partial charge is 0.352 e. The first-order valence-corrected chi connectivity index (χ1v) is 19.6. The molecule has 1 fully saturated rings. The number of ether oxygens (including phenoxy) is 4. The van der Waals surface area contributed by atoms with Crippen LogP contribution in [-0.4, -0.2) is 124 Å². The van der Waals surface area contributed by atoms with E-state index in [4.69, 9.17) is 33.6 Å². The first-order valence-electron chi connectivity index (χ1n) is 17.5. The van der Waals surface area contributed by atoms with Gasteiger partial charge in [-0.1, -0.05) is 23.9 Å². The third kappa shape index (κ3) is 8.91. The number of carbonyl (C=O) groups excluding carboxylic acids is 5. The molecular formula is C36H31N7O17S2. The molecule has 1 saturated heterocycles. The maximum Gasteiger partial charge on any atom is 0.352 e. The van der Waals surface area contributed by atoms with Gasteiger partial charge in [-0.05, 0) is 45.8 Å². The molecular weight excluding hydrogens is 867 g/mol. The summed E-state index contributed by atoms with van der Waals surface area (Å²) in [5, 5.41) is 42.7. The standard InChI is InChI=1S/C36H31N7O17S2/c1-15(44)59-22-9-8-20-27(50)21(11-58-28(20)29(22)60-16(2)45)30(51)37-25(17-4-6-19(7-5-17)57-12-24(48)49)31(52)38-36(56-3)33(55)43-26(32(53)54)18(13-61-34(36)43)14-62-35-39-40-41-42(35)10-23(46)47/h4-9,11,25,34H,10,12-14H2,1-3H3,(H,37,51)(H,38,52)(H,46,47)(H,48,49)(H,53,54)/t25?,34-,36-/m0/s1. The molecule has 4 heterocycles. The van der Waals surface area contributed by atoms with Gasteiger partial charge in [-0.2, -0.15) is 0 Å². The summed E-state index contributed by atoms with van der Waals surface area (Å²) < 4.78 is 27.5. The van der Waals surface area contributed by atoms with Crippen LogP contribution in [0.2, 0.25) is 0 Å². The lowest BCUT2D eigenvalue weighted by Crippen LogP contribution is -2.81. The van der Waals surface area contributed by atoms with Crippen molar-refractivity contribution in [1.29, 1.82) is 0 Å². The lowest BCUT2D eigenvalue weighted by molar-refractivity contribution is -0.192. The van der Waals surface area contributed by atoms with E-state index in [1.165, 1.54) is 24.3 Å². The number of aliphatic carboxylic acids is 3. The molecule has 3 amide bonds. The van der Waals surface area contributed by atoms with Crippen molar-refractivity contribution in [3.63, 3.8) is 0 Å². The minimum atomic E-state index is -2.20. The predicted molar refractivity (Wildman–Crippen MR) is 207 cm³/mol. The number of nitrogens with zero attached hydrogens (tertiary/aromatic N) is 5. The summed E-state index contributed by atoms with van der Waals surface area (Å²) in [6.07, 6.45) is 0.715. The first kappa shape index (κ1) is 44.2.